The van der Waals surface area contributed by atoms with E-state index in [9.17, 15) is 4.79 Å². The summed E-state index contributed by atoms with van der Waals surface area (Å²) < 4.78 is 0. The first-order chi connectivity index (χ1) is 8.77. The molecule has 1 heterocycles. The molecule has 2 unspecified atom stereocenters. The fourth-order valence-electron chi connectivity index (χ4n) is 3.43. The number of carbonyl (C=O) groups excluding carboxylic acids is 1. The van der Waals surface area contributed by atoms with Crippen LogP contribution in [0.1, 0.15) is 51.9 Å². The van der Waals surface area contributed by atoms with Gasteiger partial charge in [0.15, 0.2) is 0 Å². The van der Waals surface area contributed by atoms with E-state index in [1.165, 1.54) is 32.1 Å². The summed E-state index contributed by atoms with van der Waals surface area (Å²) in [5.41, 5.74) is 0. The molecule has 1 aliphatic carbocycles. The van der Waals surface area contributed by atoms with Crippen LogP contribution in [0.25, 0.3) is 0 Å². The maximum absolute atomic E-state index is 12.0. The minimum absolute atomic E-state index is 0.259. The predicted molar refractivity (Wildman–Crippen MR) is 74.3 cm³/mol. The summed E-state index contributed by atoms with van der Waals surface area (Å²) in [4.78, 5) is 12.0. The third-order valence-corrected chi connectivity index (χ3v) is 4.81. The molecular weight excluding hydrogens is 224 g/mol. The molecule has 3 heteroatoms. The Bertz CT molecular complexity index is 261. The molecule has 2 fully saturated rings. The van der Waals surface area contributed by atoms with E-state index >= 15 is 0 Å². The molecule has 3 nitrogen and oxygen atoms in total. The van der Waals surface area contributed by atoms with Crippen LogP contribution in [0, 0.1) is 17.8 Å². The molecule has 0 aromatic heterocycles. The quantitative estimate of drug-likeness (QED) is 0.806. The minimum Gasteiger partial charge on any atom is -0.356 e. The molecule has 2 atom stereocenters. The standard InChI is InChI=1S/C15H28N2O/c1-12-4-2-3-5-13(12)8-11-17-15(18)14-6-9-16-10-7-14/h12-14,16H,2-11H2,1H3,(H,17,18). The molecule has 1 aliphatic heterocycles. The summed E-state index contributed by atoms with van der Waals surface area (Å²) in [6.45, 7) is 5.26. The van der Waals surface area contributed by atoms with Crippen LogP contribution in [0.4, 0.5) is 0 Å². The average molecular weight is 252 g/mol. The smallest absolute Gasteiger partial charge is 0.223 e. The maximum atomic E-state index is 12.0. The van der Waals surface area contributed by atoms with Gasteiger partial charge < -0.3 is 10.6 Å². The van der Waals surface area contributed by atoms with Gasteiger partial charge in [-0.15, -0.1) is 0 Å². The third-order valence-electron chi connectivity index (χ3n) is 4.81. The van der Waals surface area contributed by atoms with Gasteiger partial charge in [0.2, 0.25) is 5.91 Å². The van der Waals surface area contributed by atoms with E-state index < -0.39 is 0 Å². The molecule has 18 heavy (non-hydrogen) atoms. The first-order valence-electron chi connectivity index (χ1n) is 7.76. The highest BCUT2D eigenvalue weighted by Crippen LogP contribution is 2.31. The van der Waals surface area contributed by atoms with Gasteiger partial charge in [-0.25, -0.2) is 0 Å². The van der Waals surface area contributed by atoms with Crippen LogP contribution in [-0.2, 0) is 4.79 Å². The Balaban J connectivity index is 1.63. The molecule has 0 spiro atoms. The predicted octanol–water partition coefficient (Wildman–Crippen LogP) is 2.32. The van der Waals surface area contributed by atoms with Crippen molar-refractivity contribution in [1.29, 1.82) is 0 Å². The highest BCUT2D eigenvalue weighted by Gasteiger charge is 2.23. The first-order valence-corrected chi connectivity index (χ1v) is 7.76. The second-order valence-electron chi connectivity index (χ2n) is 6.13. The Kier molecular flexibility index (Phi) is 5.48. The monoisotopic (exact) mass is 252 g/mol. The zero-order valence-electron chi connectivity index (χ0n) is 11.7. The molecular formula is C15H28N2O. The Morgan fingerprint density at radius 2 is 1.89 bits per heavy atom. The Morgan fingerprint density at radius 1 is 1.17 bits per heavy atom. The van der Waals surface area contributed by atoms with Crippen molar-refractivity contribution in [1.82, 2.24) is 10.6 Å². The van der Waals surface area contributed by atoms with E-state index in [0.717, 1.165) is 44.3 Å². The number of nitrogens with one attached hydrogen (secondary N) is 2. The van der Waals surface area contributed by atoms with Crippen molar-refractivity contribution in [3.05, 3.63) is 0 Å². The number of rotatable bonds is 4. The summed E-state index contributed by atoms with van der Waals surface area (Å²) in [5.74, 6) is 2.25. The van der Waals surface area contributed by atoms with Gasteiger partial charge in [-0.2, -0.15) is 0 Å². The maximum Gasteiger partial charge on any atom is 0.223 e. The van der Waals surface area contributed by atoms with Crippen LogP contribution in [0.5, 0.6) is 0 Å². The largest absolute Gasteiger partial charge is 0.356 e. The lowest BCUT2D eigenvalue weighted by Gasteiger charge is -2.29. The van der Waals surface area contributed by atoms with Crippen LogP contribution in [-0.4, -0.2) is 25.5 Å². The van der Waals surface area contributed by atoms with Gasteiger partial charge in [0.1, 0.15) is 0 Å². The second kappa shape index (κ2) is 7.13. The number of carbonyl (C=O) groups is 1. The number of amides is 1. The van der Waals surface area contributed by atoms with E-state index in [2.05, 4.69) is 17.6 Å². The Morgan fingerprint density at radius 3 is 2.61 bits per heavy atom. The molecule has 0 aromatic carbocycles. The molecule has 0 aromatic rings. The molecule has 1 saturated carbocycles. The summed E-state index contributed by atoms with van der Waals surface area (Å²) in [6.07, 6.45) is 8.73. The summed E-state index contributed by atoms with van der Waals surface area (Å²) in [7, 11) is 0. The van der Waals surface area contributed by atoms with E-state index in [-0.39, 0.29) is 5.92 Å². The van der Waals surface area contributed by atoms with Gasteiger partial charge in [0, 0.05) is 12.5 Å². The van der Waals surface area contributed by atoms with Crippen molar-refractivity contribution in [3.63, 3.8) is 0 Å². The van der Waals surface area contributed by atoms with Gasteiger partial charge in [0.05, 0.1) is 0 Å². The lowest BCUT2D eigenvalue weighted by molar-refractivity contribution is -0.125. The Labute approximate surface area is 111 Å². The summed E-state index contributed by atoms with van der Waals surface area (Å²) in [5, 5.41) is 6.46. The van der Waals surface area contributed by atoms with Crippen molar-refractivity contribution in [2.24, 2.45) is 17.8 Å². The van der Waals surface area contributed by atoms with Gasteiger partial charge in [-0.1, -0.05) is 32.6 Å². The summed E-state index contributed by atoms with van der Waals surface area (Å²) in [6, 6.07) is 0. The van der Waals surface area contributed by atoms with E-state index in [1.54, 1.807) is 0 Å². The first kappa shape index (κ1) is 13.9. The zero-order chi connectivity index (χ0) is 12.8. The lowest BCUT2D eigenvalue weighted by Crippen LogP contribution is -2.39. The van der Waals surface area contributed by atoms with Crippen LogP contribution < -0.4 is 10.6 Å². The van der Waals surface area contributed by atoms with Crippen molar-refractivity contribution in [2.45, 2.75) is 51.9 Å². The van der Waals surface area contributed by atoms with E-state index in [4.69, 9.17) is 0 Å². The average Bonchev–Trinajstić information content (AvgIpc) is 2.42. The van der Waals surface area contributed by atoms with Gasteiger partial charge in [0.25, 0.3) is 0 Å². The zero-order valence-corrected chi connectivity index (χ0v) is 11.7. The van der Waals surface area contributed by atoms with Crippen LogP contribution in [0.2, 0.25) is 0 Å². The summed E-state index contributed by atoms with van der Waals surface area (Å²) >= 11 is 0. The molecule has 1 amide bonds. The number of piperidine rings is 1. The van der Waals surface area contributed by atoms with Gasteiger partial charge >= 0.3 is 0 Å². The number of hydrogen-bond acceptors (Lipinski definition) is 2. The van der Waals surface area contributed by atoms with Crippen LogP contribution in [0.15, 0.2) is 0 Å². The third kappa shape index (κ3) is 3.98. The van der Waals surface area contributed by atoms with Crippen LogP contribution in [0.3, 0.4) is 0 Å². The van der Waals surface area contributed by atoms with Crippen molar-refractivity contribution in [3.8, 4) is 0 Å². The lowest BCUT2D eigenvalue weighted by atomic mass is 9.79. The molecule has 0 bridgehead atoms. The fraction of sp³-hybridized carbons (Fsp3) is 0.933. The normalized spacial score (nSPS) is 30.1. The van der Waals surface area contributed by atoms with Crippen LogP contribution >= 0.6 is 0 Å². The fourth-order valence-corrected chi connectivity index (χ4v) is 3.43. The number of hydrogen-bond donors (Lipinski definition) is 2. The molecule has 2 N–H and O–H groups in total. The van der Waals surface area contributed by atoms with Gasteiger partial charge in [-0.05, 0) is 44.2 Å². The van der Waals surface area contributed by atoms with Crippen molar-refractivity contribution < 1.29 is 4.79 Å². The highest BCUT2D eigenvalue weighted by atomic mass is 16.1. The van der Waals surface area contributed by atoms with Crippen molar-refractivity contribution >= 4 is 5.91 Å². The molecule has 104 valence electrons. The van der Waals surface area contributed by atoms with E-state index in [1.807, 2.05) is 0 Å². The molecule has 0 radical (unpaired) electrons. The second-order valence-corrected chi connectivity index (χ2v) is 6.13. The highest BCUT2D eigenvalue weighted by molar-refractivity contribution is 5.78. The van der Waals surface area contributed by atoms with E-state index in [0.29, 0.717) is 5.91 Å². The minimum atomic E-state index is 0.259. The topological polar surface area (TPSA) is 41.1 Å². The molecule has 2 rings (SSSR count). The molecule has 1 saturated heterocycles. The Hall–Kier alpha value is -0.570. The SMILES string of the molecule is CC1CCCCC1CCNC(=O)C1CCNCC1. The van der Waals surface area contributed by atoms with Crippen molar-refractivity contribution in [2.75, 3.05) is 19.6 Å². The molecule has 2 aliphatic rings. The van der Waals surface area contributed by atoms with Gasteiger partial charge in [-0.3, -0.25) is 4.79 Å².